The first-order valence-electron chi connectivity index (χ1n) is 7.34. The zero-order valence-corrected chi connectivity index (χ0v) is 14.3. The largest absolute Gasteiger partial charge is 0.330 e. The van der Waals surface area contributed by atoms with Crippen LogP contribution in [0, 0.1) is 5.92 Å². The molecule has 2 heterocycles. The zero-order chi connectivity index (χ0) is 15.5. The third kappa shape index (κ3) is 4.26. The second-order valence-corrected chi connectivity index (χ2v) is 8.99. The van der Waals surface area contributed by atoms with Gasteiger partial charge in [-0.2, -0.15) is 12.7 Å². The van der Waals surface area contributed by atoms with E-state index in [-0.39, 0.29) is 11.3 Å². The molecule has 5 nitrogen and oxygen atoms in total. The van der Waals surface area contributed by atoms with E-state index in [1.807, 2.05) is 17.5 Å². The van der Waals surface area contributed by atoms with Crippen molar-refractivity contribution < 1.29 is 8.42 Å². The van der Waals surface area contributed by atoms with E-state index in [4.69, 9.17) is 5.73 Å². The van der Waals surface area contributed by atoms with Gasteiger partial charge in [0.15, 0.2) is 0 Å². The number of rotatable bonds is 6. The van der Waals surface area contributed by atoms with Crippen LogP contribution in [-0.4, -0.2) is 38.9 Å². The average Bonchev–Trinajstić information content (AvgIpc) is 3.01. The number of nitrogens with one attached hydrogen (secondary N) is 1. The molecule has 0 bridgehead atoms. The summed E-state index contributed by atoms with van der Waals surface area (Å²) < 4.78 is 29.2. The first-order chi connectivity index (χ1) is 9.85. The van der Waals surface area contributed by atoms with Crippen LogP contribution in [0.4, 0.5) is 0 Å². The summed E-state index contributed by atoms with van der Waals surface area (Å²) in [4.78, 5) is 1.18. The average molecular weight is 332 g/mol. The van der Waals surface area contributed by atoms with Crippen LogP contribution in [0.1, 0.15) is 31.6 Å². The molecule has 0 aromatic carbocycles. The van der Waals surface area contributed by atoms with Gasteiger partial charge in [0.25, 0.3) is 10.2 Å². The smallest absolute Gasteiger partial charge is 0.279 e. The molecule has 1 atom stereocenters. The Hall–Kier alpha value is -0.470. The van der Waals surface area contributed by atoms with Crippen molar-refractivity contribution in [2.45, 2.75) is 32.1 Å². The summed E-state index contributed by atoms with van der Waals surface area (Å²) in [5.74, 6) is 0.278. The molecule has 1 saturated heterocycles. The highest BCUT2D eigenvalue weighted by Crippen LogP contribution is 2.27. The molecule has 1 aromatic heterocycles. The van der Waals surface area contributed by atoms with Gasteiger partial charge in [-0.25, -0.2) is 4.72 Å². The Balaban J connectivity index is 1.98. The topological polar surface area (TPSA) is 75.4 Å². The van der Waals surface area contributed by atoms with Crippen molar-refractivity contribution >= 4 is 21.5 Å². The molecule has 1 fully saturated rings. The fraction of sp³-hybridized carbons (Fsp3) is 0.714. The number of piperidine rings is 1. The Labute approximate surface area is 131 Å². The lowest BCUT2D eigenvalue weighted by molar-refractivity contribution is 0.267. The Morgan fingerprint density at radius 2 is 2.29 bits per heavy atom. The van der Waals surface area contributed by atoms with Crippen LogP contribution in [0.5, 0.6) is 0 Å². The fourth-order valence-electron chi connectivity index (χ4n) is 2.55. The number of hydrogen-bond acceptors (Lipinski definition) is 4. The van der Waals surface area contributed by atoms with Crippen molar-refractivity contribution in [2.75, 3.05) is 26.2 Å². The third-order valence-electron chi connectivity index (χ3n) is 4.04. The molecule has 0 radical (unpaired) electrons. The summed E-state index contributed by atoms with van der Waals surface area (Å²) in [5, 5.41) is 2.02. The van der Waals surface area contributed by atoms with E-state index in [1.54, 1.807) is 15.6 Å². The molecule has 0 amide bonds. The van der Waals surface area contributed by atoms with Gasteiger partial charge in [-0.3, -0.25) is 0 Å². The Kier molecular flexibility index (Phi) is 5.43. The maximum Gasteiger partial charge on any atom is 0.279 e. The molecule has 1 aliphatic rings. The van der Waals surface area contributed by atoms with Gasteiger partial charge in [-0.05, 0) is 36.8 Å². The minimum atomic E-state index is -3.42. The number of thiophene rings is 1. The molecule has 2 rings (SSSR count). The van der Waals surface area contributed by atoms with Gasteiger partial charge in [0.2, 0.25) is 0 Å². The Bertz CT molecular complexity index is 541. The highest BCUT2D eigenvalue weighted by atomic mass is 32.2. The minimum Gasteiger partial charge on any atom is -0.330 e. The number of nitrogens with zero attached hydrogens (tertiary/aromatic N) is 1. The van der Waals surface area contributed by atoms with Gasteiger partial charge < -0.3 is 5.73 Å². The second-order valence-electron chi connectivity index (χ2n) is 6.29. The highest BCUT2D eigenvalue weighted by Gasteiger charge is 2.30. The SMILES string of the molecule is CC(C)(CNS(=O)(=O)N1CCCC(CN)C1)c1cccs1. The van der Waals surface area contributed by atoms with Gasteiger partial charge >= 0.3 is 0 Å². The van der Waals surface area contributed by atoms with Crippen LogP contribution < -0.4 is 10.5 Å². The number of hydrogen-bond donors (Lipinski definition) is 2. The van der Waals surface area contributed by atoms with E-state index in [9.17, 15) is 8.42 Å². The highest BCUT2D eigenvalue weighted by molar-refractivity contribution is 7.87. The van der Waals surface area contributed by atoms with E-state index >= 15 is 0 Å². The monoisotopic (exact) mass is 331 g/mol. The Morgan fingerprint density at radius 1 is 1.52 bits per heavy atom. The normalized spacial score (nSPS) is 21.6. The molecule has 1 aliphatic heterocycles. The van der Waals surface area contributed by atoms with Crippen LogP contribution in [0.25, 0.3) is 0 Å². The first-order valence-corrected chi connectivity index (χ1v) is 9.66. The van der Waals surface area contributed by atoms with E-state index in [0.717, 1.165) is 12.8 Å². The molecule has 0 spiro atoms. The van der Waals surface area contributed by atoms with Crippen LogP contribution >= 0.6 is 11.3 Å². The predicted molar refractivity (Wildman–Crippen MR) is 87.6 cm³/mol. The lowest BCUT2D eigenvalue weighted by Crippen LogP contribution is -2.49. The molecule has 120 valence electrons. The summed E-state index contributed by atoms with van der Waals surface area (Å²) in [6.45, 7) is 6.18. The molecule has 0 saturated carbocycles. The van der Waals surface area contributed by atoms with Gasteiger partial charge in [-0.1, -0.05) is 19.9 Å². The molecule has 21 heavy (non-hydrogen) atoms. The standard InChI is InChI=1S/C14H25N3O2S2/c1-14(2,13-6-4-8-20-13)11-16-21(18,19)17-7-3-5-12(9-15)10-17/h4,6,8,12,16H,3,5,7,9-11,15H2,1-2H3. The van der Waals surface area contributed by atoms with Gasteiger partial charge in [0.1, 0.15) is 0 Å². The maximum atomic E-state index is 12.4. The quantitative estimate of drug-likeness (QED) is 0.830. The van der Waals surface area contributed by atoms with Crippen LogP contribution in [0.15, 0.2) is 17.5 Å². The molecule has 1 unspecified atom stereocenters. The molecular weight excluding hydrogens is 306 g/mol. The fourth-order valence-corrected chi connectivity index (χ4v) is 4.91. The van der Waals surface area contributed by atoms with Crippen molar-refractivity contribution in [1.29, 1.82) is 0 Å². The summed E-state index contributed by atoms with van der Waals surface area (Å²) in [5.41, 5.74) is 5.47. The van der Waals surface area contributed by atoms with Crippen LogP contribution in [-0.2, 0) is 15.6 Å². The predicted octanol–water partition coefficient (Wildman–Crippen LogP) is 1.53. The minimum absolute atomic E-state index is 0.204. The van der Waals surface area contributed by atoms with Gasteiger partial charge in [-0.15, -0.1) is 11.3 Å². The lowest BCUT2D eigenvalue weighted by atomic mass is 9.92. The molecular formula is C14H25N3O2S2. The Morgan fingerprint density at radius 3 is 2.90 bits per heavy atom. The van der Waals surface area contributed by atoms with Crippen molar-refractivity contribution in [3.05, 3.63) is 22.4 Å². The lowest BCUT2D eigenvalue weighted by Gasteiger charge is -2.32. The van der Waals surface area contributed by atoms with E-state index in [1.165, 1.54) is 4.88 Å². The zero-order valence-electron chi connectivity index (χ0n) is 12.7. The van der Waals surface area contributed by atoms with Gasteiger partial charge in [0.05, 0.1) is 0 Å². The first kappa shape index (κ1) is 16.9. The van der Waals surface area contributed by atoms with Crippen molar-refractivity contribution in [3.63, 3.8) is 0 Å². The molecule has 3 N–H and O–H groups in total. The van der Waals surface area contributed by atoms with Crippen LogP contribution in [0.2, 0.25) is 0 Å². The molecule has 1 aromatic rings. The van der Waals surface area contributed by atoms with E-state index in [2.05, 4.69) is 18.6 Å². The van der Waals surface area contributed by atoms with E-state index in [0.29, 0.717) is 26.2 Å². The summed E-state index contributed by atoms with van der Waals surface area (Å²) in [6.07, 6.45) is 1.90. The molecule has 0 aliphatic carbocycles. The van der Waals surface area contributed by atoms with Crippen molar-refractivity contribution in [1.82, 2.24) is 9.03 Å². The van der Waals surface area contributed by atoms with Crippen LogP contribution in [0.3, 0.4) is 0 Å². The van der Waals surface area contributed by atoms with E-state index < -0.39 is 10.2 Å². The summed E-state index contributed by atoms with van der Waals surface area (Å²) in [6, 6.07) is 4.04. The maximum absolute atomic E-state index is 12.4. The number of nitrogens with two attached hydrogens (primary N) is 1. The third-order valence-corrected chi connectivity index (χ3v) is 6.80. The second kappa shape index (κ2) is 6.75. The van der Waals surface area contributed by atoms with Crippen molar-refractivity contribution in [3.8, 4) is 0 Å². The summed E-state index contributed by atoms with van der Waals surface area (Å²) >= 11 is 1.66. The van der Waals surface area contributed by atoms with Gasteiger partial charge in [0, 0.05) is 29.9 Å². The molecule has 7 heteroatoms. The van der Waals surface area contributed by atoms with Crippen molar-refractivity contribution in [2.24, 2.45) is 11.7 Å². The summed E-state index contributed by atoms with van der Waals surface area (Å²) in [7, 11) is -3.42.